The average molecular weight is 328 g/mol. The van der Waals surface area contributed by atoms with Gasteiger partial charge in [0.25, 0.3) is 0 Å². The second-order valence-electron chi connectivity index (χ2n) is 5.51. The summed E-state index contributed by atoms with van der Waals surface area (Å²) in [4.78, 5) is 23.0. The van der Waals surface area contributed by atoms with Crippen molar-refractivity contribution in [2.24, 2.45) is 5.41 Å². The molecule has 0 saturated carbocycles. The molecule has 104 valence electrons. The Labute approximate surface area is 121 Å². The molecule has 0 saturated heterocycles. The van der Waals surface area contributed by atoms with Crippen molar-refractivity contribution in [3.05, 3.63) is 34.3 Å². The Kier molecular flexibility index (Phi) is 5.11. The second-order valence-corrected chi connectivity index (χ2v) is 6.42. The van der Waals surface area contributed by atoms with Crippen molar-refractivity contribution in [3.8, 4) is 0 Å². The SMILES string of the molecule is CC(C)(C)C(NC(=O)Cc1ccc(Br)cc1)C(=O)O. The molecule has 1 aromatic rings. The molecule has 1 aromatic carbocycles. The first-order chi connectivity index (χ1) is 8.70. The number of aliphatic carboxylic acids is 1. The van der Waals surface area contributed by atoms with Gasteiger partial charge in [-0.1, -0.05) is 48.8 Å². The number of benzene rings is 1. The Hall–Kier alpha value is -1.36. The molecule has 0 aliphatic rings. The van der Waals surface area contributed by atoms with Crippen LogP contribution in [0.3, 0.4) is 0 Å². The van der Waals surface area contributed by atoms with Crippen molar-refractivity contribution < 1.29 is 14.7 Å². The summed E-state index contributed by atoms with van der Waals surface area (Å²) in [7, 11) is 0. The largest absolute Gasteiger partial charge is 0.480 e. The van der Waals surface area contributed by atoms with Gasteiger partial charge in [-0.3, -0.25) is 4.79 Å². The van der Waals surface area contributed by atoms with Gasteiger partial charge in [-0.2, -0.15) is 0 Å². The topological polar surface area (TPSA) is 66.4 Å². The van der Waals surface area contributed by atoms with Crippen LogP contribution in [0.2, 0.25) is 0 Å². The highest BCUT2D eigenvalue weighted by Gasteiger charge is 2.32. The predicted octanol–water partition coefficient (Wildman–Crippen LogP) is 2.61. The van der Waals surface area contributed by atoms with Gasteiger partial charge < -0.3 is 10.4 Å². The normalized spacial score (nSPS) is 12.8. The number of carboxylic acids is 1. The Bertz CT molecular complexity index is 463. The van der Waals surface area contributed by atoms with Crippen molar-refractivity contribution in [2.45, 2.75) is 33.2 Å². The van der Waals surface area contributed by atoms with Gasteiger partial charge in [0.1, 0.15) is 6.04 Å². The molecule has 5 heteroatoms. The zero-order valence-corrected chi connectivity index (χ0v) is 12.8. The number of nitrogens with one attached hydrogen (secondary N) is 1. The quantitative estimate of drug-likeness (QED) is 0.893. The summed E-state index contributed by atoms with van der Waals surface area (Å²) in [5.41, 5.74) is 0.319. The van der Waals surface area contributed by atoms with Gasteiger partial charge in [-0.25, -0.2) is 4.79 Å². The van der Waals surface area contributed by atoms with Crippen LogP contribution < -0.4 is 5.32 Å². The van der Waals surface area contributed by atoms with Crippen LogP contribution in [0.4, 0.5) is 0 Å². The van der Waals surface area contributed by atoms with Gasteiger partial charge in [-0.05, 0) is 23.1 Å². The molecule has 2 N–H and O–H groups in total. The van der Waals surface area contributed by atoms with E-state index in [0.717, 1.165) is 10.0 Å². The maximum absolute atomic E-state index is 11.9. The van der Waals surface area contributed by atoms with E-state index in [0.29, 0.717) is 0 Å². The lowest BCUT2D eigenvalue weighted by Gasteiger charge is -2.27. The number of halogens is 1. The smallest absolute Gasteiger partial charge is 0.326 e. The molecule has 1 amide bonds. The number of hydrogen-bond donors (Lipinski definition) is 2. The van der Waals surface area contributed by atoms with Gasteiger partial charge in [0, 0.05) is 4.47 Å². The number of carboxylic acid groups (broad SMARTS) is 1. The minimum absolute atomic E-state index is 0.174. The summed E-state index contributed by atoms with van der Waals surface area (Å²) >= 11 is 3.32. The Balaban J connectivity index is 2.68. The molecule has 0 aromatic heterocycles. The van der Waals surface area contributed by atoms with E-state index in [-0.39, 0.29) is 12.3 Å². The highest BCUT2D eigenvalue weighted by Crippen LogP contribution is 2.19. The van der Waals surface area contributed by atoms with Crippen LogP contribution in [0.25, 0.3) is 0 Å². The lowest BCUT2D eigenvalue weighted by atomic mass is 9.86. The third-order valence-electron chi connectivity index (χ3n) is 2.70. The standard InChI is InChI=1S/C14H18BrNO3/c1-14(2,3)12(13(18)19)16-11(17)8-9-4-6-10(15)7-5-9/h4-7,12H,8H2,1-3H3,(H,16,17)(H,18,19). The van der Waals surface area contributed by atoms with Crippen molar-refractivity contribution in [1.29, 1.82) is 0 Å². The van der Waals surface area contributed by atoms with Crippen LogP contribution in [0, 0.1) is 5.41 Å². The summed E-state index contributed by atoms with van der Waals surface area (Å²) in [5, 5.41) is 11.7. The summed E-state index contributed by atoms with van der Waals surface area (Å²) in [5.74, 6) is -1.30. The van der Waals surface area contributed by atoms with Crippen molar-refractivity contribution >= 4 is 27.8 Å². The van der Waals surface area contributed by atoms with E-state index in [1.54, 1.807) is 20.8 Å². The molecule has 0 spiro atoms. The molecule has 1 unspecified atom stereocenters. The zero-order valence-electron chi connectivity index (χ0n) is 11.2. The van der Waals surface area contributed by atoms with Gasteiger partial charge in [0.15, 0.2) is 0 Å². The third-order valence-corrected chi connectivity index (χ3v) is 3.22. The Morgan fingerprint density at radius 2 is 1.79 bits per heavy atom. The minimum atomic E-state index is -1.02. The third kappa shape index (κ3) is 5.03. The predicted molar refractivity (Wildman–Crippen MR) is 76.9 cm³/mol. The van der Waals surface area contributed by atoms with E-state index in [1.165, 1.54) is 0 Å². The number of carbonyl (C=O) groups excluding carboxylic acids is 1. The molecular formula is C14H18BrNO3. The fourth-order valence-electron chi connectivity index (χ4n) is 1.65. The molecule has 1 rings (SSSR count). The molecule has 0 fully saturated rings. The molecular weight excluding hydrogens is 310 g/mol. The molecule has 0 heterocycles. The van der Waals surface area contributed by atoms with Crippen LogP contribution in [-0.4, -0.2) is 23.0 Å². The lowest BCUT2D eigenvalue weighted by molar-refractivity contribution is -0.144. The molecule has 0 aliphatic heterocycles. The average Bonchev–Trinajstić information content (AvgIpc) is 2.27. The van der Waals surface area contributed by atoms with E-state index in [2.05, 4.69) is 21.2 Å². The highest BCUT2D eigenvalue weighted by molar-refractivity contribution is 9.10. The molecule has 0 aliphatic carbocycles. The van der Waals surface area contributed by atoms with E-state index in [9.17, 15) is 9.59 Å². The number of hydrogen-bond acceptors (Lipinski definition) is 2. The first-order valence-electron chi connectivity index (χ1n) is 5.97. The van der Waals surface area contributed by atoms with Crippen LogP contribution in [-0.2, 0) is 16.0 Å². The van der Waals surface area contributed by atoms with Crippen LogP contribution >= 0.6 is 15.9 Å². The van der Waals surface area contributed by atoms with Gasteiger partial charge in [0.2, 0.25) is 5.91 Å². The lowest BCUT2D eigenvalue weighted by Crippen LogP contribution is -2.49. The summed E-state index contributed by atoms with van der Waals surface area (Å²) in [6.07, 6.45) is 0.174. The van der Waals surface area contributed by atoms with Gasteiger partial charge in [0.05, 0.1) is 6.42 Å². The monoisotopic (exact) mass is 327 g/mol. The van der Waals surface area contributed by atoms with Crippen molar-refractivity contribution in [2.75, 3.05) is 0 Å². The maximum Gasteiger partial charge on any atom is 0.326 e. The maximum atomic E-state index is 11.9. The van der Waals surface area contributed by atoms with Crippen LogP contribution in [0.1, 0.15) is 26.3 Å². The van der Waals surface area contributed by atoms with Crippen LogP contribution in [0.15, 0.2) is 28.7 Å². The summed E-state index contributed by atoms with van der Waals surface area (Å²) in [6.45, 7) is 5.35. The van der Waals surface area contributed by atoms with Crippen LogP contribution in [0.5, 0.6) is 0 Å². The van der Waals surface area contributed by atoms with Gasteiger partial charge >= 0.3 is 5.97 Å². The van der Waals surface area contributed by atoms with E-state index >= 15 is 0 Å². The van der Waals surface area contributed by atoms with E-state index < -0.39 is 17.4 Å². The van der Waals surface area contributed by atoms with E-state index in [4.69, 9.17) is 5.11 Å². The van der Waals surface area contributed by atoms with Crippen molar-refractivity contribution in [3.63, 3.8) is 0 Å². The fraction of sp³-hybridized carbons (Fsp3) is 0.429. The molecule has 4 nitrogen and oxygen atoms in total. The molecule has 1 atom stereocenters. The van der Waals surface area contributed by atoms with Crippen molar-refractivity contribution in [1.82, 2.24) is 5.32 Å². The number of carbonyl (C=O) groups is 2. The first-order valence-corrected chi connectivity index (χ1v) is 6.76. The number of rotatable bonds is 4. The van der Waals surface area contributed by atoms with E-state index in [1.807, 2.05) is 24.3 Å². The Morgan fingerprint density at radius 3 is 2.21 bits per heavy atom. The Morgan fingerprint density at radius 1 is 1.26 bits per heavy atom. The number of amides is 1. The highest BCUT2D eigenvalue weighted by atomic mass is 79.9. The molecule has 19 heavy (non-hydrogen) atoms. The molecule has 0 bridgehead atoms. The summed E-state index contributed by atoms with van der Waals surface area (Å²) < 4.78 is 0.940. The molecule has 0 radical (unpaired) electrons. The minimum Gasteiger partial charge on any atom is -0.480 e. The summed E-state index contributed by atoms with van der Waals surface area (Å²) in [6, 6.07) is 6.46. The van der Waals surface area contributed by atoms with Gasteiger partial charge in [-0.15, -0.1) is 0 Å². The second kappa shape index (κ2) is 6.19. The zero-order chi connectivity index (χ0) is 14.6. The fourth-order valence-corrected chi connectivity index (χ4v) is 1.91. The first kappa shape index (κ1) is 15.7.